The van der Waals surface area contributed by atoms with Gasteiger partial charge in [-0.25, -0.2) is 0 Å². The summed E-state index contributed by atoms with van der Waals surface area (Å²) >= 11 is 0. The summed E-state index contributed by atoms with van der Waals surface area (Å²) in [5.74, 6) is 1.89. The predicted molar refractivity (Wildman–Crippen MR) is 133 cm³/mol. The topological polar surface area (TPSA) is 54.0 Å². The molecule has 2 aromatic rings. The van der Waals surface area contributed by atoms with Crippen molar-refractivity contribution in [3.63, 3.8) is 0 Å². The lowest BCUT2D eigenvalue weighted by atomic mass is 9.78. The summed E-state index contributed by atoms with van der Waals surface area (Å²) in [6, 6.07) is 12.4. The van der Waals surface area contributed by atoms with E-state index < -0.39 is 0 Å². The third-order valence-electron chi connectivity index (χ3n) is 7.22. The van der Waals surface area contributed by atoms with Gasteiger partial charge in [-0.1, -0.05) is 39.8 Å². The van der Waals surface area contributed by atoms with Crippen molar-refractivity contribution in [3.05, 3.63) is 58.7 Å². The molecule has 4 rings (SSSR count). The van der Waals surface area contributed by atoms with Gasteiger partial charge in [0.2, 0.25) is 0 Å². The molecule has 0 radical (unpaired) electrons. The number of benzene rings is 2. The molecule has 2 aliphatic heterocycles. The normalized spacial score (nSPS) is 22.4. The highest BCUT2D eigenvalue weighted by molar-refractivity contribution is 5.79. The fourth-order valence-corrected chi connectivity index (χ4v) is 5.08. The largest absolute Gasteiger partial charge is 0.496 e. The summed E-state index contributed by atoms with van der Waals surface area (Å²) < 4.78 is 22.8. The number of aryl methyl sites for hydroxylation is 2. The van der Waals surface area contributed by atoms with Gasteiger partial charge in [-0.3, -0.25) is 4.79 Å². The van der Waals surface area contributed by atoms with Crippen LogP contribution in [0.3, 0.4) is 0 Å². The molecule has 2 fully saturated rings. The molecule has 0 aromatic heterocycles. The number of Topliss-reactive ketones (excluding diaryl/α,β-unsaturated/α-hetero) is 1. The van der Waals surface area contributed by atoms with E-state index in [2.05, 4.69) is 52.0 Å². The first-order valence-corrected chi connectivity index (χ1v) is 12.2. The first-order chi connectivity index (χ1) is 16.1. The van der Waals surface area contributed by atoms with E-state index >= 15 is 0 Å². The predicted octanol–water partition coefficient (Wildman–Crippen LogP) is 6.03. The lowest BCUT2D eigenvalue weighted by molar-refractivity contribution is -0.172. The smallest absolute Gasteiger partial charge is 0.133 e. The molecule has 2 atom stereocenters. The third kappa shape index (κ3) is 5.01. The second-order valence-electron chi connectivity index (χ2n) is 11.0. The molecule has 0 spiro atoms. The molecule has 0 saturated carbocycles. The number of carbonyl (C=O) groups is 1. The van der Waals surface area contributed by atoms with Gasteiger partial charge in [0.25, 0.3) is 0 Å². The second-order valence-corrected chi connectivity index (χ2v) is 11.0. The van der Waals surface area contributed by atoms with E-state index in [1.165, 1.54) is 0 Å². The Morgan fingerprint density at radius 3 is 1.50 bits per heavy atom. The number of methoxy groups -OCH3 is 2. The van der Waals surface area contributed by atoms with Gasteiger partial charge in [0.1, 0.15) is 17.3 Å². The van der Waals surface area contributed by atoms with Crippen LogP contribution >= 0.6 is 0 Å². The van der Waals surface area contributed by atoms with E-state index in [4.69, 9.17) is 18.9 Å². The van der Waals surface area contributed by atoms with Crippen LogP contribution in [0.4, 0.5) is 0 Å². The van der Waals surface area contributed by atoms with Crippen LogP contribution in [0.15, 0.2) is 36.4 Å². The molecule has 2 unspecified atom stereocenters. The van der Waals surface area contributed by atoms with Gasteiger partial charge in [0.15, 0.2) is 0 Å². The van der Waals surface area contributed by atoms with Crippen molar-refractivity contribution >= 4 is 5.78 Å². The average molecular weight is 467 g/mol. The molecule has 2 aromatic carbocycles. The van der Waals surface area contributed by atoms with Crippen molar-refractivity contribution in [2.45, 2.75) is 65.6 Å². The van der Waals surface area contributed by atoms with Gasteiger partial charge in [0, 0.05) is 23.7 Å². The van der Waals surface area contributed by atoms with Crippen LogP contribution in [0.2, 0.25) is 0 Å². The van der Waals surface area contributed by atoms with Crippen molar-refractivity contribution in [2.75, 3.05) is 27.4 Å². The van der Waals surface area contributed by atoms with Crippen molar-refractivity contribution in [3.8, 4) is 11.5 Å². The van der Waals surface area contributed by atoms with E-state index in [1.807, 2.05) is 12.1 Å². The summed E-state index contributed by atoms with van der Waals surface area (Å²) in [7, 11) is 3.35. The van der Waals surface area contributed by atoms with Gasteiger partial charge in [0.05, 0.1) is 39.6 Å². The van der Waals surface area contributed by atoms with Crippen molar-refractivity contribution in [2.24, 2.45) is 10.8 Å². The maximum atomic E-state index is 12.8. The average Bonchev–Trinajstić information content (AvgIpc) is 2.80. The van der Waals surface area contributed by atoms with Crippen LogP contribution in [0.25, 0.3) is 0 Å². The van der Waals surface area contributed by atoms with Gasteiger partial charge in [-0.2, -0.15) is 0 Å². The minimum absolute atomic E-state index is 0.0947. The van der Waals surface area contributed by atoms with Crippen LogP contribution in [0.1, 0.15) is 75.0 Å². The summed E-state index contributed by atoms with van der Waals surface area (Å²) in [4.78, 5) is 12.8. The van der Waals surface area contributed by atoms with E-state index in [0.29, 0.717) is 25.7 Å². The van der Waals surface area contributed by atoms with E-state index in [-0.39, 0.29) is 28.8 Å². The first-order valence-electron chi connectivity index (χ1n) is 12.2. The molecule has 2 heterocycles. The van der Waals surface area contributed by atoms with Crippen LogP contribution in [-0.2, 0) is 27.1 Å². The monoisotopic (exact) mass is 466 g/mol. The van der Waals surface area contributed by atoms with Crippen molar-refractivity contribution in [1.29, 1.82) is 0 Å². The number of hydrogen-bond acceptors (Lipinski definition) is 5. The maximum absolute atomic E-state index is 12.8. The molecule has 0 N–H and O–H groups in total. The molecule has 34 heavy (non-hydrogen) atoms. The Hall–Kier alpha value is -2.37. The minimum atomic E-state index is 0.0947. The Morgan fingerprint density at radius 1 is 0.794 bits per heavy atom. The van der Waals surface area contributed by atoms with Gasteiger partial charge < -0.3 is 18.9 Å². The quantitative estimate of drug-likeness (QED) is 0.428. The number of ether oxygens (including phenoxy) is 4. The number of ketones is 1. The summed E-state index contributed by atoms with van der Waals surface area (Å²) in [5.41, 5.74) is 4.70. The van der Waals surface area contributed by atoms with Crippen LogP contribution < -0.4 is 9.47 Å². The van der Waals surface area contributed by atoms with Crippen molar-refractivity contribution in [1.82, 2.24) is 0 Å². The fraction of sp³-hybridized carbons (Fsp3) is 0.552. The SMILES string of the molecule is COc1ccc(C2OCC2(C)C)cc1CCC(=O)CCc1cc(C2OCC2(C)C)ccc1OC. The molecule has 2 saturated heterocycles. The zero-order chi connectivity index (χ0) is 24.5. The van der Waals surface area contributed by atoms with Crippen LogP contribution in [0.5, 0.6) is 11.5 Å². The summed E-state index contributed by atoms with van der Waals surface area (Å²) in [6.45, 7) is 10.4. The van der Waals surface area contributed by atoms with Gasteiger partial charge in [-0.15, -0.1) is 0 Å². The lowest BCUT2D eigenvalue weighted by Gasteiger charge is -2.44. The molecule has 0 bridgehead atoms. The summed E-state index contributed by atoms with van der Waals surface area (Å²) in [6.07, 6.45) is 2.47. The Labute approximate surface area is 203 Å². The lowest BCUT2D eigenvalue weighted by Crippen LogP contribution is -2.40. The Balaban J connectivity index is 1.38. The molecule has 0 amide bonds. The molecule has 2 aliphatic rings. The maximum Gasteiger partial charge on any atom is 0.133 e. The van der Waals surface area contributed by atoms with E-state index in [9.17, 15) is 4.79 Å². The van der Waals surface area contributed by atoms with Crippen molar-refractivity contribution < 1.29 is 23.7 Å². The highest BCUT2D eigenvalue weighted by Crippen LogP contribution is 2.47. The summed E-state index contributed by atoms with van der Waals surface area (Å²) in [5, 5.41) is 0. The second kappa shape index (κ2) is 9.71. The van der Waals surface area contributed by atoms with E-state index in [1.54, 1.807) is 14.2 Å². The molecule has 184 valence electrons. The number of hydrogen-bond donors (Lipinski definition) is 0. The molecular formula is C29H38O5. The Morgan fingerprint density at radius 2 is 1.21 bits per heavy atom. The molecule has 5 heteroatoms. The molecule has 5 nitrogen and oxygen atoms in total. The highest BCUT2D eigenvalue weighted by atomic mass is 16.5. The Bertz CT molecular complexity index is 957. The zero-order valence-electron chi connectivity index (χ0n) is 21.4. The first kappa shape index (κ1) is 24.7. The third-order valence-corrected chi connectivity index (χ3v) is 7.22. The minimum Gasteiger partial charge on any atom is -0.496 e. The molecular weight excluding hydrogens is 428 g/mol. The van der Waals surface area contributed by atoms with E-state index in [0.717, 1.165) is 47.0 Å². The fourth-order valence-electron chi connectivity index (χ4n) is 5.08. The standard InChI is InChI=1S/C29H38O5/c1-28(2)17-33-26(28)21-9-13-24(31-5)19(15-21)7-11-23(30)12-8-20-16-22(10-14-25(20)32-6)27-29(3,4)18-34-27/h9-10,13-16,26-27H,7-8,11-12,17-18H2,1-6H3. The highest BCUT2D eigenvalue weighted by Gasteiger charge is 2.42. The number of rotatable bonds is 10. The van der Waals surface area contributed by atoms with Crippen LogP contribution in [0, 0.1) is 10.8 Å². The molecule has 0 aliphatic carbocycles. The zero-order valence-corrected chi connectivity index (χ0v) is 21.4. The van der Waals surface area contributed by atoms with Gasteiger partial charge in [-0.05, 0) is 59.4 Å². The number of carbonyl (C=O) groups excluding carboxylic acids is 1. The van der Waals surface area contributed by atoms with Gasteiger partial charge >= 0.3 is 0 Å². The Kier molecular flexibility index (Phi) is 7.07. The van der Waals surface area contributed by atoms with Crippen LogP contribution in [-0.4, -0.2) is 33.2 Å².